The molecule has 2 N–H and O–H groups in total. The fraction of sp³-hybridized carbons (Fsp3) is 0.100. The number of hydrogen-bond donors (Lipinski definition) is 1. The van der Waals surface area contributed by atoms with E-state index in [1.807, 2.05) is 0 Å². The molecule has 0 spiro atoms. The van der Waals surface area contributed by atoms with Crippen LogP contribution in [-0.2, 0) is 4.79 Å². The van der Waals surface area contributed by atoms with Crippen LogP contribution in [0.1, 0.15) is 5.76 Å². The second-order valence-corrected chi connectivity index (χ2v) is 2.85. The lowest BCUT2D eigenvalue weighted by Crippen LogP contribution is -2.20. The molecule has 0 aliphatic heterocycles. The van der Waals surface area contributed by atoms with E-state index in [9.17, 15) is 18.0 Å². The van der Waals surface area contributed by atoms with E-state index in [4.69, 9.17) is 4.42 Å². The molecule has 0 saturated heterocycles. The quantitative estimate of drug-likeness (QED) is 0.812. The first kappa shape index (κ1) is 12.1. The molecule has 6 heteroatoms. The predicted octanol–water partition coefficient (Wildman–Crippen LogP) is 2.27. The fourth-order valence-electron chi connectivity index (χ4n) is 0.834. The summed E-state index contributed by atoms with van der Waals surface area (Å²) in [5, 5.41) is 0. The number of nitrogens with two attached hydrogens (primary N) is 1. The number of furan rings is 1. The molecule has 0 amide bonds. The zero-order valence-corrected chi connectivity index (χ0v) is 7.99. The van der Waals surface area contributed by atoms with Crippen LogP contribution in [0, 0.1) is 0 Å². The standard InChI is InChI=1S/C10H8F3NO2/c11-10(12,13)9(14)6-7(15)3-4-8-2-1-5-16-8/h1-6H,14H2/b4-3-,9-6+. The maximum absolute atomic E-state index is 11.9. The summed E-state index contributed by atoms with van der Waals surface area (Å²) in [7, 11) is 0. The number of carbonyl (C=O) groups is 1. The van der Waals surface area contributed by atoms with Crippen LogP contribution >= 0.6 is 0 Å². The van der Waals surface area contributed by atoms with E-state index in [0.29, 0.717) is 11.8 Å². The highest BCUT2D eigenvalue weighted by Crippen LogP contribution is 2.21. The zero-order chi connectivity index (χ0) is 12.2. The molecule has 0 saturated carbocycles. The highest BCUT2D eigenvalue weighted by molar-refractivity contribution is 6.02. The number of hydrogen-bond acceptors (Lipinski definition) is 3. The van der Waals surface area contributed by atoms with Crippen LogP contribution in [0.25, 0.3) is 6.08 Å². The van der Waals surface area contributed by atoms with Gasteiger partial charge in [-0.15, -0.1) is 0 Å². The Morgan fingerprint density at radius 3 is 2.62 bits per heavy atom. The summed E-state index contributed by atoms with van der Waals surface area (Å²) in [6.45, 7) is 0. The van der Waals surface area contributed by atoms with Gasteiger partial charge in [0.05, 0.1) is 6.26 Å². The van der Waals surface area contributed by atoms with Crippen LogP contribution in [0.4, 0.5) is 13.2 Å². The van der Waals surface area contributed by atoms with Gasteiger partial charge in [-0.05, 0) is 24.3 Å². The molecule has 0 unspecified atom stereocenters. The van der Waals surface area contributed by atoms with Crippen molar-refractivity contribution < 1.29 is 22.4 Å². The van der Waals surface area contributed by atoms with Gasteiger partial charge in [0, 0.05) is 6.08 Å². The third-order valence-electron chi connectivity index (χ3n) is 1.58. The monoisotopic (exact) mass is 231 g/mol. The summed E-state index contributed by atoms with van der Waals surface area (Å²) in [6, 6.07) is 3.14. The largest absolute Gasteiger partial charge is 0.465 e. The predicted molar refractivity (Wildman–Crippen MR) is 51.1 cm³/mol. The number of alkyl halides is 3. The summed E-state index contributed by atoms with van der Waals surface area (Å²) in [4.78, 5) is 11.0. The van der Waals surface area contributed by atoms with Gasteiger partial charge in [-0.2, -0.15) is 13.2 Å². The SMILES string of the molecule is N/C(=C/C(=O)/C=C\c1ccco1)C(F)(F)F. The summed E-state index contributed by atoms with van der Waals surface area (Å²) in [6.07, 6.45) is -0.794. The van der Waals surface area contributed by atoms with Gasteiger partial charge in [0.15, 0.2) is 5.78 Å². The lowest BCUT2D eigenvalue weighted by molar-refractivity contribution is -0.112. The molecule has 0 aliphatic rings. The number of ketones is 1. The Balaban J connectivity index is 2.67. The van der Waals surface area contributed by atoms with Crippen molar-refractivity contribution in [3.63, 3.8) is 0 Å². The number of halogens is 3. The first-order valence-electron chi connectivity index (χ1n) is 4.19. The molecule has 0 bridgehead atoms. The van der Waals surface area contributed by atoms with Gasteiger partial charge in [-0.3, -0.25) is 4.79 Å². The van der Waals surface area contributed by atoms with E-state index in [2.05, 4.69) is 5.73 Å². The van der Waals surface area contributed by atoms with Gasteiger partial charge >= 0.3 is 6.18 Å². The molecule has 3 nitrogen and oxygen atoms in total. The van der Waals surface area contributed by atoms with E-state index in [1.165, 1.54) is 12.3 Å². The summed E-state index contributed by atoms with van der Waals surface area (Å²) in [5.41, 5.74) is 3.23. The fourth-order valence-corrected chi connectivity index (χ4v) is 0.834. The third kappa shape index (κ3) is 3.64. The molecule has 1 aromatic heterocycles. The Morgan fingerprint density at radius 1 is 1.44 bits per heavy atom. The van der Waals surface area contributed by atoms with Crippen molar-refractivity contribution in [2.75, 3.05) is 0 Å². The van der Waals surface area contributed by atoms with Crippen LogP contribution in [0.3, 0.4) is 0 Å². The van der Waals surface area contributed by atoms with Crippen LogP contribution in [0.2, 0.25) is 0 Å². The molecule has 0 atom stereocenters. The highest BCUT2D eigenvalue weighted by Gasteiger charge is 2.31. The van der Waals surface area contributed by atoms with Crippen molar-refractivity contribution in [3.8, 4) is 0 Å². The Bertz CT molecular complexity index is 416. The molecular formula is C10H8F3NO2. The average Bonchev–Trinajstić information content (AvgIpc) is 2.65. The minimum atomic E-state index is -4.69. The number of rotatable bonds is 3. The lowest BCUT2D eigenvalue weighted by atomic mass is 10.2. The van der Waals surface area contributed by atoms with Gasteiger partial charge in [0.2, 0.25) is 0 Å². The third-order valence-corrected chi connectivity index (χ3v) is 1.58. The van der Waals surface area contributed by atoms with Gasteiger partial charge in [-0.25, -0.2) is 0 Å². The average molecular weight is 231 g/mol. The lowest BCUT2D eigenvalue weighted by Gasteiger charge is -2.04. The Kier molecular flexibility index (Phi) is 3.55. The number of allylic oxidation sites excluding steroid dienone is 3. The van der Waals surface area contributed by atoms with Crippen molar-refractivity contribution in [3.05, 3.63) is 42.0 Å². The number of carbonyl (C=O) groups excluding carboxylic acids is 1. The van der Waals surface area contributed by atoms with Crippen molar-refractivity contribution >= 4 is 11.9 Å². The van der Waals surface area contributed by atoms with Gasteiger partial charge in [0.1, 0.15) is 11.5 Å². The first-order valence-corrected chi connectivity index (χ1v) is 4.19. The van der Waals surface area contributed by atoms with Crippen LogP contribution in [-0.4, -0.2) is 12.0 Å². The second-order valence-electron chi connectivity index (χ2n) is 2.85. The second kappa shape index (κ2) is 4.69. The topological polar surface area (TPSA) is 56.2 Å². The van der Waals surface area contributed by atoms with Crippen molar-refractivity contribution in [2.24, 2.45) is 5.73 Å². The van der Waals surface area contributed by atoms with E-state index < -0.39 is 17.7 Å². The molecule has 0 aromatic carbocycles. The van der Waals surface area contributed by atoms with Gasteiger partial charge in [-0.1, -0.05) is 0 Å². The van der Waals surface area contributed by atoms with Gasteiger partial charge in [0.25, 0.3) is 0 Å². The summed E-state index contributed by atoms with van der Waals surface area (Å²) >= 11 is 0. The smallest absolute Gasteiger partial charge is 0.430 e. The van der Waals surface area contributed by atoms with Crippen molar-refractivity contribution in [1.82, 2.24) is 0 Å². The van der Waals surface area contributed by atoms with E-state index in [-0.39, 0.29) is 0 Å². The first-order chi connectivity index (χ1) is 7.39. The summed E-state index contributed by atoms with van der Waals surface area (Å²) in [5.74, 6) is -0.487. The normalized spacial score (nSPS) is 13.3. The van der Waals surface area contributed by atoms with Crippen LogP contribution in [0.15, 0.2) is 40.7 Å². The maximum Gasteiger partial charge on any atom is 0.430 e. The highest BCUT2D eigenvalue weighted by atomic mass is 19.4. The zero-order valence-electron chi connectivity index (χ0n) is 7.99. The minimum Gasteiger partial charge on any atom is -0.465 e. The molecule has 1 heterocycles. The maximum atomic E-state index is 11.9. The van der Waals surface area contributed by atoms with E-state index >= 15 is 0 Å². The Hall–Kier alpha value is -1.98. The van der Waals surface area contributed by atoms with Crippen molar-refractivity contribution in [2.45, 2.75) is 6.18 Å². The molecule has 0 aliphatic carbocycles. The van der Waals surface area contributed by atoms with E-state index in [1.54, 1.807) is 12.1 Å². The van der Waals surface area contributed by atoms with Crippen molar-refractivity contribution in [1.29, 1.82) is 0 Å². The molecule has 0 radical (unpaired) electrons. The Morgan fingerprint density at radius 2 is 2.12 bits per heavy atom. The Labute approximate surface area is 89.0 Å². The molecule has 1 rings (SSSR count). The summed E-state index contributed by atoms with van der Waals surface area (Å²) < 4.78 is 40.6. The van der Waals surface area contributed by atoms with Gasteiger partial charge < -0.3 is 10.2 Å². The van der Waals surface area contributed by atoms with Crippen LogP contribution < -0.4 is 5.73 Å². The van der Waals surface area contributed by atoms with E-state index in [0.717, 1.165) is 6.08 Å². The minimum absolute atomic E-state index is 0.319. The van der Waals surface area contributed by atoms with Crippen LogP contribution in [0.5, 0.6) is 0 Å². The molecule has 1 aromatic rings. The molecule has 16 heavy (non-hydrogen) atoms. The molecular weight excluding hydrogens is 223 g/mol. The molecule has 0 fully saturated rings. The molecule has 86 valence electrons.